The van der Waals surface area contributed by atoms with Gasteiger partial charge in [-0.3, -0.25) is 5.14 Å². The van der Waals surface area contributed by atoms with E-state index < -0.39 is 5.60 Å². The minimum absolute atomic E-state index is 0.0394. The van der Waals surface area contributed by atoms with E-state index in [2.05, 4.69) is 31.1 Å². The Morgan fingerprint density at radius 3 is 2.62 bits per heavy atom. The van der Waals surface area contributed by atoms with E-state index in [4.69, 9.17) is 9.88 Å². The van der Waals surface area contributed by atoms with Crippen LogP contribution < -0.4 is 10.5 Å². The molecule has 1 aliphatic heterocycles. The number of anilines is 1. The van der Waals surface area contributed by atoms with Crippen molar-refractivity contribution >= 4 is 23.9 Å². The molecule has 1 aliphatic rings. The van der Waals surface area contributed by atoms with Gasteiger partial charge in [0.2, 0.25) is 0 Å². The molecule has 7 heteroatoms. The van der Waals surface area contributed by atoms with E-state index in [0.29, 0.717) is 0 Å². The zero-order valence-electron chi connectivity index (χ0n) is 17.0. The Kier molecular flexibility index (Phi) is 8.70. The quantitative estimate of drug-likeness (QED) is 0.737. The lowest BCUT2D eigenvalue weighted by Gasteiger charge is -2.33. The summed E-state index contributed by atoms with van der Waals surface area (Å²) in [6, 6.07) is 5.78. The van der Waals surface area contributed by atoms with Gasteiger partial charge < -0.3 is 15.0 Å². The van der Waals surface area contributed by atoms with E-state index in [1.54, 1.807) is 0 Å². The molecule has 3 N–H and O–H groups in total. The van der Waals surface area contributed by atoms with Gasteiger partial charge in [-0.1, -0.05) is 13.0 Å². The fourth-order valence-electron chi connectivity index (χ4n) is 2.59. The third-order valence-electron chi connectivity index (χ3n) is 3.92. The minimum Gasteiger partial charge on any atom is -0.444 e. The first-order valence-corrected chi connectivity index (χ1v) is 10.1. The fraction of sp³-hybridized carbons (Fsp3) is 0.684. The van der Waals surface area contributed by atoms with E-state index >= 15 is 0 Å². The van der Waals surface area contributed by atoms with Crippen molar-refractivity contribution in [2.45, 2.75) is 77.0 Å². The summed E-state index contributed by atoms with van der Waals surface area (Å²) in [5.74, 6) is 0.896. The van der Waals surface area contributed by atoms with Crippen LogP contribution in [0.25, 0.3) is 0 Å². The first-order valence-electron chi connectivity index (χ1n) is 9.17. The van der Waals surface area contributed by atoms with Gasteiger partial charge in [0.25, 0.3) is 0 Å². The third-order valence-corrected chi connectivity index (χ3v) is 4.38. The number of hydrogen-bond donors (Lipinski definition) is 2. The molecule has 0 aromatic carbocycles. The van der Waals surface area contributed by atoms with Gasteiger partial charge in [0.05, 0.1) is 0 Å². The Balaban J connectivity index is 0.000000263. The van der Waals surface area contributed by atoms with Gasteiger partial charge in [-0.15, -0.1) is 0 Å². The van der Waals surface area contributed by atoms with Gasteiger partial charge in [-0.2, -0.15) is 0 Å². The summed E-state index contributed by atoms with van der Waals surface area (Å²) < 4.78 is 5.34. The van der Waals surface area contributed by atoms with Crippen LogP contribution in [0.2, 0.25) is 0 Å². The minimum atomic E-state index is -0.393. The van der Waals surface area contributed by atoms with Crippen LogP contribution in [0.5, 0.6) is 0 Å². The second-order valence-corrected chi connectivity index (χ2v) is 8.61. The first-order chi connectivity index (χ1) is 12.1. The number of carbonyl (C=O) groups is 1. The highest BCUT2D eigenvalue weighted by molar-refractivity contribution is 7.97. The summed E-state index contributed by atoms with van der Waals surface area (Å²) in [6.07, 6.45) is 3.06. The maximum atomic E-state index is 11.8. The molecule has 0 unspecified atom stereocenters. The van der Waals surface area contributed by atoms with Crippen molar-refractivity contribution in [2.75, 3.05) is 18.4 Å². The van der Waals surface area contributed by atoms with E-state index in [9.17, 15) is 4.79 Å². The van der Waals surface area contributed by atoms with Crippen molar-refractivity contribution < 1.29 is 9.53 Å². The normalized spacial score (nSPS) is 15.9. The maximum absolute atomic E-state index is 11.8. The molecule has 0 atom stereocenters. The van der Waals surface area contributed by atoms with E-state index in [1.807, 2.05) is 43.9 Å². The van der Waals surface area contributed by atoms with Gasteiger partial charge in [-0.25, -0.2) is 9.78 Å². The molecule has 0 spiro atoms. The predicted molar refractivity (Wildman–Crippen MR) is 109 cm³/mol. The lowest BCUT2D eigenvalue weighted by atomic mass is 10.0. The molecule has 0 saturated carbocycles. The summed E-state index contributed by atoms with van der Waals surface area (Å²) >= 11 is 1.17. The number of carbonyl (C=O) groups excluding carboxylic acids is 1. The van der Waals surface area contributed by atoms with Gasteiger partial charge in [0, 0.05) is 18.6 Å². The van der Waals surface area contributed by atoms with Crippen molar-refractivity contribution in [3.63, 3.8) is 0 Å². The number of nitrogens with two attached hydrogens (primary N) is 1. The van der Waals surface area contributed by atoms with Crippen molar-refractivity contribution in [3.8, 4) is 0 Å². The molecule has 6 nitrogen and oxygen atoms in total. The number of nitrogens with one attached hydrogen (secondary N) is 1. The SMILES string of the molecule is CC(C)(C)OC(=O)N1CCCC1(C)C.CCCNc1cccc(SN)n1. The highest BCUT2D eigenvalue weighted by atomic mass is 32.2. The van der Waals surface area contributed by atoms with Gasteiger partial charge in [0.1, 0.15) is 16.4 Å². The highest BCUT2D eigenvalue weighted by Gasteiger charge is 2.37. The molecule has 2 rings (SSSR count). The highest BCUT2D eigenvalue weighted by Crippen LogP contribution is 2.29. The van der Waals surface area contributed by atoms with E-state index in [0.717, 1.165) is 43.2 Å². The van der Waals surface area contributed by atoms with Crippen LogP contribution in [-0.4, -0.2) is 40.2 Å². The van der Waals surface area contributed by atoms with Crippen LogP contribution in [0.1, 0.15) is 60.8 Å². The molecule has 1 fully saturated rings. The van der Waals surface area contributed by atoms with Crippen LogP contribution in [0, 0.1) is 0 Å². The maximum Gasteiger partial charge on any atom is 0.410 e. The van der Waals surface area contributed by atoms with Gasteiger partial charge in [-0.05, 0) is 78.0 Å². The Bertz CT molecular complexity index is 573. The van der Waals surface area contributed by atoms with Crippen LogP contribution in [0.15, 0.2) is 23.2 Å². The molecule has 148 valence electrons. The number of ether oxygens (including phenoxy) is 1. The molecule has 1 amide bonds. The number of hydrogen-bond acceptors (Lipinski definition) is 6. The van der Waals surface area contributed by atoms with Crippen LogP contribution >= 0.6 is 11.9 Å². The lowest BCUT2D eigenvalue weighted by molar-refractivity contribution is 0.0134. The molecule has 1 aromatic rings. The topological polar surface area (TPSA) is 80.5 Å². The Hall–Kier alpha value is -1.47. The Morgan fingerprint density at radius 2 is 2.12 bits per heavy atom. The van der Waals surface area contributed by atoms with E-state index in [-0.39, 0.29) is 11.6 Å². The number of pyridine rings is 1. The van der Waals surface area contributed by atoms with Crippen molar-refractivity contribution in [1.82, 2.24) is 9.88 Å². The summed E-state index contributed by atoms with van der Waals surface area (Å²) in [5.41, 5.74) is -0.432. The van der Waals surface area contributed by atoms with Crippen LogP contribution in [-0.2, 0) is 4.74 Å². The van der Waals surface area contributed by atoms with Crippen LogP contribution in [0.3, 0.4) is 0 Å². The van der Waals surface area contributed by atoms with Crippen molar-refractivity contribution in [1.29, 1.82) is 0 Å². The summed E-state index contributed by atoms with van der Waals surface area (Å²) in [5, 5.41) is 9.41. The molecular weight excluding hydrogens is 348 g/mol. The molecule has 0 radical (unpaired) electrons. The molecule has 26 heavy (non-hydrogen) atoms. The number of aromatic nitrogens is 1. The molecule has 1 aromatic heterocycles. The second kappa shape index (κ2) is 10.0. The zero-order valence-corrected chi connectivity index (χ0v) is 17.8. The average molecular weight is 383 g/mol. The monoisotopic (exact) mass is 382 g/mol. The summed E-state index contributed by atoms with van der Waals surface area (Å²) in [4.78, 5) is 17.9. The molecule has 0 bridgehead atoms. The molecule has 1 saturated heterocycles. The largest absolute Gasteiger partial charge is 0.444 e. The predicted octanol–water partition coefficient (Wildman–Crippen LogP) is 4.67. The third kappa shape index (κ3) is 7.83. The Morgan fingerprint density at radius 1 is 1.42 bits per heavy atom. The second-order valence-electron chi connectivity index (χ2n) is 7.95. The first kappa shape index (κ1) is 22.6. The average Bonchev–Trinajstić information content (AvgIpc) is 2.91. The standard InChI is InChI=1S/C11H21NO2.C8H13N3S/c1-10(2,3)14-9(13)12-8-6-7-11(12,4)5;1-2-6-10-7-4-3-5-8(11-7)12-9/h6-8H2,1-5H3;3-5H,2,6,9H2,1H3,(H,10,11). The Labute approximate surface area is 162 Å². The number of likely N-dealkylation sites (tertiary alicyclic amines) is 1. The number of rotatable bonds is 4. The molecule has 0 aliphatic carbocycles. The zero-order chi connectivity index (χ0) is 19.8. The number of nitrogens with zero attached hydrogens (tertiary/aromatic N) is 2. The van der Waals surface area contributed by atoms with Gasteiger partial charge in [0.15, 0.2) is 0 Å². The van der Waals surface area contributed by atoms with Crippen molar-refractivity contribution in [2.24, 2.45) is 5.14 Å². The molecule has 2 heterocycles. The summed E-state index contributed by atoms with van der Waals surface area (Å²) in [6.45, 7) is 13.8. The number of amides is 1. The summed E-state index contributed by atoms with van der Waals surface area (Å²) in [7, 11) is 0. The molecular formula is C19H34N4O2S. The van der Waals surface area contributed by atoms with Gasteiger partial charge >= 0.3 is 6.09 Å². The smallest absolute Gasteiger partial charge is 0.410 e. The lowest BCUT2D eigenvalue weighted by Crippen LogP contribution is -2.45. The van der Waals surface area contributed by atoms with E-state index in [1.165, 1.54) is 11.9 Å². The van der Waals surface area contributed by atoms with Crippen molar-refractivity contribution in [3.05, 3.63) is 18.2 Å². The van der Waals surface area contributed by atoms with Crippen LogP contribution in [0.4, 0.5) is 10.6 Å². The fourth-order valence-corrected chi connectivity index (χ4v) is 2.90.